The normalized spacial score (nSPS) is 16.2. The molecule has 0 saturated carbocycles. The van der Waals surface area contributed by atoms with Gasteiger partial charge in [0, 0.05) is 11.3 Å². The Bertz CT molecular complexity index is 824. The molecule has 2 N–H and O–H groups in total. The molecule has 124 valence electrons. The van der Waals surface area contributed by atoms with Gasteiger partial charge in [-0.25, -0.2) is 4.98 Å². The fraction of sp³-hybridized carbons (Fsp3) is 0.368. The molecule has 24 heavy (non-hydrogen) atoms. The zero-order valence-electron chi connectivity index (χ0n) is 14.2. The van der Waals surface area contributed by atoms with Crippen LogP contribution in [0.25, 0.3) is 11.1 Å². The van der Waals surface area contributed by atoms with Gasteiger partial charge in [0.15, 0.2) is 11.5 Å². The number of pyridine rings is 1. The molecule has 1 atom stereocenters. The molecule has 0 fully saturated rings. The van der Waals surface area contributed by atoms with Crippen LogP contribution in [0.5, 0.6) is 11.5 Å². The molecule has 0 radical (unpaired) electrons. The van der Waals surface area contributed by atoms with E-state index in [1.165, 1.54) is 0 Å². The summed E-state index contributed by atoms with van der Waals surface area (Å²) in [7, 11) is 3.21. The summed E-state index contributed by atoms with van der Waals surface area (Å²) in [6.45, 7) is 2.23. The molecule has 1 aliphatic rings. The van der Waals surface area contributed by atoms with E-state index in [0.717, 1.165) is 41.6 Å². The van der Waals surface area contributed by atoms with Crippen molar-refractivity contribution < 1.29 is 9.47 Å². The van der Waals surface area contributed by atoms with Crippen molar-refractivity contribution in [3.05, 3.63) is 35.0 Å². The van der Waals surface area contributed by atoms with E-state index in [0.29, 0.717) is 28.8 Å². The number of ether oxygens (including phenoxy) is 2. The molecule has 1 aromatic carbocycles. The van der Waals surface area contributed by atoms with Gasteiger partial charge in [0.25, 0.3) is 0 Å². The molecular formula is C19H21N3O2. The highest BCUT2D eigenvalue weighted by Gasteiger charge is 2.25. The quantitative estimate of drug-likeness (QED) is 0.937. The first-order valence-corrected chi connectivity index (χ1v) is 8.02. The highest BCUT2D eigenvalue weighted by molar-refractivity contribution is 5.80. The second-order valence-electron chi connectivity index (χ2n) is 6.20. The Morgan fingerprint density at radius 3 is 2.67 bits per heavy atom. The van der Waals surface area contributed by atoms with Gasteiger partial charge in [-0.15, -0.1) is 0 Å². The summed E-state index contributed by atoms with van der Waals surface area (Å²) in [5.74, 6) is 2.15. The van der Waals surface area contributed by atoms with Crippen molar-refractivity contribution in [2.24, 2.45) is 5.92 Å². The van der Waals surface area contributed by atoms with E-state index in [1.807, 2.05) is 18.2 Å². The van der Waals surface area contributed by atoms with Crippen molar-refractivity contribution in [3.8, 4) is 28.7 Å². The maximum absolute atomic E-state index is 9.63. The Morgan fingerprint density at radius 1 is 1.25 bits per heavy atom. The number of hydrogen-bond donors (Lipinski definition) is 1. The molecule has 1 aromatic heterocycles. The van der Waals surface area contributed by atoms with Crippen LogP contribution in [0, 0.1) is 17.2 Å². The highest BCUT2D eigenvalue weighted by Crippen LogP contribution is 2.40. The highest BCUT2D eigenvalue weighted by atomic mass is 16.5. The van der Waals surface area contributed by atoms with Crippen molar-refractivity contribution in [2.75, 3.05) is 20.0 Å². The molecule has 5 nitrogen and oxygen atoms in total. The molecular weight excluding hydrogens is 302 g/mol. The summed E-state index contributed by atoms with van der Waals surface area (Å²) in [6, 6.07) is 7.92. The Kier molecular flexibility index (Phi) is 4.30. The topological polar surface area (TPSA) is 81.2 Å². The van der Waals surface area contributed by atoms with E-state index in [4.69, 9.17) is 15.2 Å². The average Bonchev–Trinajstić information content (AvgIpc) is 2.60. The number of hydrogen-bond acceptors (Lipinski definition) is 5. The zero-order chi connectivity index (χ0) is 17.3. The number of anilines is 1. The standard InChI is InChI=1S/C19H21N3O2/c1-11-4-6-15-13(8-11)18(14(10-20)19(21)22-15)12-5-7-16(23-2)17(9-12)24-3/h5,7,9,11H,4,6,8H2,1-3H3,(H2,21,22)/t11-/m1/s1. The van der Waals surface area contributed by atoms with Gasteiger partial charge in [0.1, 0.15) is 17.5 Å². The van der Waals surface area contributed by atoms with Gasteiger partial charge in [0.05, 0.1) is 14.2 Å². The number of aromatic nitrogens is 1. The number of nitrogens with zero attached hydrogens (tertiary/aromatic N) is 2. The predicted molar refractivity (Wildman–Crippen MR) is 93.1 cm³/mol. The van der Waals surface area contributed by atoms with Crippen LogP contribution < -0.4 is 15.2 Å². The lowest BCUT2D eigenvalue weighted by atomic mass is 9.82. The number of nitrogens with two attached hydrogens (primary N) is 1. The first kappa shape index (κ1) is 16.1. The Hall–Kier alpha value is -2.74. The Morgan fingerprint density at radius 2 is 2.00 bits per heavy atom. The van der Waals surface area contributed by atoms with Crippen LogP contribution in [0.2, 0.25) is 0 Å². The summed E-state index contributed by atoms with van der Waals surface area (Å²) >= 11 is 0. The van der Waals surface area contributed by atoms with E-state index < -0.39 is 0 Å². The van der Waals surface area contributed by atoms with E-state index in [-0.39, 0.29) is 0 Å². The maximum Gasteiger partial charge on any atom is 0.161 e. The number of methoxy groups -OCH3 is 2. The second-order valence-corrected chi connectivity index (χ2v) is 6.20. The average molecular weight is 323 g/mol. The summed E-state index contributed by atoms with van der Waals surface area (Å²) in [5, 5.41) is 9.63. The molecule has 0 aliphatic heterocycles. The van der Waals surface area contributed by atoms with Gasteiger partial charge in [-0.05, 0) is 48.4 Å². The van der Waals surface area contributed by atoms with Gasteiger partial charge in [-0.3, -0.25) is 0 Å². The zero-order valence-corrected chi connectivity index (χ0v) is 14.2. The van der Waals surface area contributed by atoms with E-state index in [9.17, 15) is 5.26 Å². The van der Waals surface area contributed by atoms with Crippen LogP contribution in [-0.4, -0.2) is 19.2 Å². The molecule has 0 unspecified atom stereocenters. The van der Waals surface area contributed by atoms with Crippen molar-refractivity contribution >= 4 is 5.82 Å². The molecule has 0 saturated heterocycles. The van der Waals surface area contributed by atoms with Crippen LogP contribution in [0.1, 0.15) is 30.2 Å². The van der Waals surface area contributed by atoms with Gasteiger partial charge < -0.3 is 15.2 Å². The third kappa shape index (κ3) is 2.65. The molecule has 5 heteroatoms. The molecule has 0 spiro atoms. The minimum atomic E-state index is 0.301. The number of fused-ring (bicyclic) bond motifs is 1. The molecule has 1 heterocycles. The molecule has 2 aromatic rings. The molecule has 0 amide bonds. The van der Waals surface area contributed by atoms with Crippen LogP contribution in [-0.2, 0) is 12.8 Å². The lowest BCUT2D eigenvalue weighted by molar-refractivity contribution is 0.355. The number of rotatable bonds is 3. The summed E-state index contributed by atoms with van der Waals surface area (Å²) in [6.07, 6.45) is 2.89. The van der Waals surface area contributed by atoms with Gasteiger partial charge in [-0.2, -0.15) is 5.26 Å². The number of nitrogen functional groups attached to an aromatic ring is 1. The van der Waals surface area contributed by atoms with Crippen LogP contribution in [0.15, 0.2) is 18.2 Å². The van der Waals surface area contributed by atoms with Gasteiger partial charge >= 0.3 is 0 Å². The summed E-state index contributed by atoms with van der Waals surface area (Å²) in [5.41, 5.74) is 10.4. The smallest absolute Gasteiger partial charge is 0.161 e. The maximum atomic E-state index is 9.63. The van der Waals surface area contributed by atoms with E-state index in [2.05, 4.69) is 18.0 Å². The first-order chi connectivity index (χ1) is 11.6. The van der Waals surface area contributed by atoms with Crippen molar-refractivity contribution in [1.29, 1.82) is 5.26 Å². The molecule has 0 bridgehead atoms. The van der Waals surface area contributed by atoms with Crippen molar-refractivity contribution in [2.45, 2.75) is 26.2 Å². The van der Waals surface area contributed by atoms with Crippen molar-refractivity contribution in [3.63, 3.8) is 0 Å². The Labute approximate surface area is 142 Å². The van der Waals surface area contributed by atoms with Crippen LogP contribution >= 0.6 is 0 Å². The predicted octanol–water partition coefficient (Wildman–Crippen LogP) is 3.34. The number of nitriles is 1. The number of benzene rings is 1. The second kappa shape index (κ2) is 6.40. The first-order valence-electron chi connectivity index (χ1n) is 8.02. The molecule has 1 aliphatic carbocycles. The fourth-order valence-corrected chi connectivity index (χ4v) is 3.38. The van der Waals surface area contributed by atoms with Crippen LogP contribution in [0.4, 0.5) is 5.82 Å². The SMILES string of the molecule is COc1ccc(-c2c(C#N)c(N)nc3c2C[C@H](C)CC3)cc1OC. The Balaban J connectivity index is 2.27. The van der Waals surface area contributed by atoms with Gasteiger partial charge in [0.2, 0.25) is 0 Å². The van der Waals surface area contributed by atoms with Crippen LogP contribution in [0.3, 0.4) is 0 Å². The van der Waals surface area contributed by atoms with Crippen molar-refractivity contribution in [1.82, 2.24) is 4.98 Å². The lowest BCUT2D eigenvalue weighted by Gasteiger charge is -2.25. The third-order valence-electron chi connectivity index (χ3n) is 4.62. The summed E-state index contributed by atoms with van der Waals surface area (Å²) in [4.78, 5) is 4.48. The fourth-order valence-electron chi connectivity index (χ4n) is 3.38. The summed E-state index contributed by atoms with van der Waals surface area (Å²) < 4.78 is 10.7. The minimum absolute atomic E-state index is 0.301. The molecule has 3 rings (SSSR count). The minimum Gasteiger partial charge on any atom is -0.493 e. The number of aryl methyl sites for hydroxylation is 1. The van der Waals surface area contributed by atoms with E-state index >= 15 is 0 Å². The third-order valence-corrected chi connectivity index (χ3v) is 4.62. The largest absolute Gasteiger partial charge is 0.493 e. The monoisotopic (exact) mass is 323 g/mol. The van der Waals surface area contributed by atoms with E-state index in [1.54, 1.807) is 14.2 Å². The van der Waals surface area contributed by atoms with Gasteiger partial charge in [-0.1, -0.05) is 13.0 Å². The lowest BCUT2D eigenvalue weighted by Crippen LogP contribution is -2.16.